The number of fused-ring (bicyclic) bond motifs is 1. The summed E-state index contributed by atoms with van der Waals surface area (Å²) in [5, 5.41) is 10.5. The van der Waals surface area contributed by atoms with Gasteiger partial charge in [-0.25, -0.2) is 4.68 Å². The fraction of sp³-hybridized carbons (Fsp3) is 0.300. The third-order valence-electron chi connectivity index (χ3n) is 4.97. The Kier molecular flexibility index (Phi) is 5.15. The minimum atomic E-state index is -4.54. The van der Waals surface area contributed by atoms with Crippen molar-refractivity contribution in [3.63, 3.8) is 0 Å². The number of carbonyl (C=O) groups is 1. The topological polar surface area (TPSA) is 80.1 Å². The molecule has 1 saturated heterocycles. The van der Waals surface area contributed by atoms with E-state index >= 15 is 0 Å². The van der Waals surface area contributed by atoms with Gasteiger partial charge in [-0.3, -0.25) is 9.59 Å². The summed E-state index contributed by atoms with van der Waals surface area (Å²) in [6.45, 7) is 0.931. The molecular weight excluding hydrogens is 399 g/mol. The molecule has 4 rings (SSSR count). The van der Waals surface area contributed by atoms with Crippen LogP contribution in [0.1, 0.15) is 18.4 Å². The Hall–Kier alpha value is -3.43. The number of benzene rings is 2. The van der Waals surface area contributed by atoms with Crippen molar-refractivity contribution in [3.05, 3.63) is 58.4 Å². The Morgan fingerprint density at radius 1 is 1.10 bits per heavy atom. The van der Waals surface area contributed by atoms with Gasteiger partial charge in [-0.15, -0.1) is 5.10 Å². The lowest BCUT2D eigenvalue weighted by molar-refractivity contribution is -0.137. The van der Waals surface area contributed by atoms with E-state index in [1.165, 1.54) is 6.07 Å². The van der Waals surface area contributed by atoms with Crippen molar-refractivity contribution in [2.75, 3.05) is 23.3 Å². The molecule has 30 heavy (non-hydrogen) atoms. The average molecular weight is 417 g/mol. The number of rotatable bonds is 4. The normalized spacial score (nSPS) is 14.3. The van der Waals surface area contributed by atoms with Crippen LogP contribution in [0.5, 0.6) is 0 Å². The summed E-state index contributed by atoms with van der Waals surface area (Å²) in [5.74, 6) is -0.665. The zero-order valence-electron chi connectivity index (χ0n) is 15.8. The number of aromatic nitrogens is 3. The molecule has 1 N–H and O–H groups in total. The summed E-state index contributed by atoms with van der Waals surface area (Å²) in [5.41, 5.74) is -0.388. The van der Waals surface area contributed by atoms with Gasteiger partial charge in [-0.1, -0.05) is 17.3 Å². The van der Waals surface area contributed by atoms with Gasteiger partial charge in [0.05, 0.1) is 22.3 Å². The van der Waals surface area contributed by atoms with Gasteiger partial charge in [0, 0.05) is 13.1 Å². The molecule has 156 valence electrons. The van der Waals surface area contributed by atoms with E-state index in [1.54, 1.807) is 24.3 Å². The van der Waals surface area contributed by atoms with E-state index in [9.17, 15) is 22.8 Å². The molecule has 0 radical (unpaired) electrons. The maximum atomic E-state index is 13.2. The summed E-state index contributed by atoms with van der Waals surface area (Å²) < 4.78 is 40.4. The minimum Gasteiger partial charge on any atom is -0.370 e. The molecular formula is C20H18F3N5O2. The number of nitrogens with one attached hydrogen (secondary N) is 1. The molecule has 0 bridgehead atoms. The zero-order valence-corrected chi connectivity index (χ0v) is 15.8. The average Bonchev–Trinajstić information content (AvgIpc) is 3.24. The molecule has 1 fully saturated rings. The van der Waals surface area contributed by atoms with Gasteiger partial charge < -0.3 is 10.2 Å². The van der Waals surface area contributed by atoms with Crippen LogP contribution in [0.25, 0.3) is 10.9 Å². The molecule has 10 heteroatoms. The summed E-state index contributed by atoms with van der Waals surface area (Å²) in [7, 11) is 0. The van der Waals surface area contributed by atoms with Crippen LogP contribution in [0.2, 0.25) is 0 Å². The third-order valence-corrected chi connectivity index (χ3v) is 4.97. The SMILES string of the molecule is O=C(Cn1nnc2ccccc2c1=O)Nc1cc(C(F)(F)F)ccc1N1CCCC1. The van der Waals surface area contributed by atoms with Crippen molar-refractivity contribution in [1.82, 2.24) is 15.0 Å². The standard InChI is InChI=1S/C20H18F3N5O2/c21-20(22,23)13-7-8-17(27-9-3-4-10-27)16(11-13)24-18(29)12-28-19(30)14-5-1-2-6-15(14)25-26-28/h1-2,5-8,11H,3-4,9-10,12H2,(H,24,29). The van der Waals surface area contributed by atoms with Crippen LogP contribution in [0.3, 0.4) is 0 Å². The van der Waals surface area contributed by atoms with Crippen molar-refractivity contribution < 1.29 is 18.0 Å². The largest absolute Gasteiger partial charge is 0.416 e. The quantitative estimate of drug-likeness (QED) is 0.706. The van der Waals surface area contributed by atoms with Crippen molar-refractivity contribution >= 4 is 28.2 Å². The van der Waals surface area contributed by atoms with E-state index in [-0.39, 0.29) is 5.69 Å². The number of hydrogen-bond donors (Lipinski definition) is 1. The molecule has 0 spiro atoms. The highest BCUT2D eigenvalue weighted by atomic mass is 19.4. The van der Waals surface area contributed by atoms with Crippen LogP contribution in [-0.4, -0.2) is 34.0 Å². The van der Waals surface area contributed by atoms with Crippen LogP contribution >= 0.6 is 0 Å². The molecule has 0 atom stereocenters. The lowest BCUT2D eigenvalue weighted by Crippen LogP contribution is -2.31. The van der Waals surface area contributed by atoms with Gasteiger partial charge in [0.1, 0.15) is 12.1 Å². The number of nitrogens with zero attached hydrogens (tertiary/aromatic N) is 4. The Labute approximate surface area is 169 Å². The summed E-state index contributed by atoms with van der Waals surface area (Å²) >= 11 is 0. The minimum absolute atomic E-state index is 0.0542. The molecule has 2 heterocycles. The fourth-order valence-corrected chi connectivity index (χ4v) is 3.50. The van der Waals surface area contributed by atoms with Gasteiger partial charge in [-0.05, 0) is 43.2 Å². The van der Waals surface area contributed by atoms with Crippen LogP contribution in [0, 0.1) is 0 Å². The number of halogens is 3. The number of anilines is 2. The van der Waals surface area contributed by atoms with Gasteiger partial charge >= 0.3 is 6.18 Å². The molecule has 1 aliphatic heterocycles. The molecule has 2 aromatic carbocycles. The Morgan fingerprint density at radius 2 is 1.83 bits per heavy atom. The predicted molar refractivity (Wildman–Crippen MR) is 105 cm³/mol. The highest BCUT2D eigenvalue weighted by Crippen LogP contribution is 2.36. The van der Waals surface area contributed by atoms with Crippen LogP contribution < -0.4 is 15.8 Å². The highest BCUT2D eigenvalue weighted by molar-refractivity contribution is 5.94. The highest BCUT2D eigenvalue weighted by Gasteiger charge is 2.32. The second-order valence-electron chi connectivity index (χ2n) is 7.04. The van der Waals surface area contributed by atoms with Gasteiger partial charge in [0.25, 0.3) is 5.56 Å². The second-order valence-corrected chi connectivity index (χ2v) is 7.04. The third kappa shape index (κ3) is 3.98. The van der Waals surface area contributed by atoms with E-state index in [4.69, 9.17) is 0 Å². The first-order chi connectivity index (χ1) is 14.3. The van der Waals surface area contributed by atoms with Crippen LogP contribution in [-0.2, 0) is 17.5 Å². The monoisotopic (exact) mass is 417 g/mol. The van der Waals surface area contributed by atoms with Crippen LogP contribution in [0.4, 0.5) is 24.5 Å². The second kappa shape index (κ2) is 7.77. The van der Waals surface area contributed by atoms with Crippen molar-refractivity contribution in [2.45, 2.75) is 25.6 Å². The first kappa shape index (κ1) is 19.9. The van der Waals surface area contributed by atoms with E-state index in [0.717, 1.165) is 29.7 Å². The first-order valence-corrected chi connectivity index (χ1v) is 9.41. The molecule has 0 saturated carbocycles. The summed E-state index contributed by atoms with van der Waals surface area (Å²) in [4.78, 5) is 27.0. The predicted octanol–water partition coefficient (Wildman–Crippen LogP) is 3.05. The molecule has 7 nitrogen and oxygen atoms in total. The maximum absolute atomic E-state index is 13.2. The summed E-state index contributed by atoms with van der Waals surface area (Å²) in [6, 6.07) is 9.86. The van der Waals surface area contributed by atoms with Gasteiger partial charge in [0.15, 0.2) is 0 Å². The van der Waals surface area contributed by atoms with Crippen molar-refractivity contribution in [1.29, 1.82) is 0 Å². The summed E-state index contributed by atoms with van der Waals surface area (Å²) in [6.07, 6.45) is -2.68. The number of alkyl halides is 3. The van der Waals surface area contributed by atoms with Crippen molar-refractivity contribution in [3.8, 4) is 0 Å². The van der Waals surface area contributed by atoms with E-state index in [0.29, 0.717) is 29.7 Å². The Morgan fingerprint density at radius 3 is 2.57 bits per heavy atom. The lowest BCUT2D eigenvalue weighted by Gasteiger charge is -2.23. The smallest absolute Gasteiger partial charge is 0.370 e. The molecule has 1 aromatic heterocycles. The first-order valence-electron chi connectivity index (χ1n) is 9.41. The Bertz CT molecular complexity index is 1150. The Balaban J connectivity index is 1.62. The van der Waals surface area contributed by atoms with E-state index in [1.807, 2.05) is 4.90 Å². The molecule has 1 aliphatic rings. The van der Waals surface area contributed by atoms with Crippen LogP contribution in [0.15, 0.2) is 47.3 Å². The van der Waals surface area contributed by atoms with E-state index in [2.05, 4.69) is 15.6 Å². The number of carbonyl (C=O) groups excluding carboxylic acids is 1. The lowest BCUT2D eigenvalue weighted by atomic mass is 10.1. The van der Waals surface area contributed by atoms with Gasteiger partial charge in [-0.2, -0.15) is 13.2 Å². The number of amides is 1. The van der Waals surface area contributed by atoms with Crippen molar-refractivity contribution in [2.24, 2.45) is 0 Å². The maximum Gasteiger partial charge on any atom is 0.416 e. The van der Waals surface area contributed by atoms with Gasteiger partial charge in [0.2, 0.25) is 5.91 Å². The molecule has 0 aliphatic carbocycles. The molecule has 3 aromatic rings. The molecule has 0 unspecified atom stereocenters. The number of hydrogen-bond acceptors (Lipinski definition) is 5. The molecule has 1 amide bonds. The van der Waals surface area contributed by atoms with E-state index < -0.39 is 29.8 Å². The fourth-order valence-electron chi connectivity index (χ4n) is 3.50. The zero-order chi connectivity index (χ0) is 21.3.